The molecule has 0 fully saturated rings. The molecule has 1 aliphatic heterocycles. The first-order valence-electron chi connectivity index (χ1n) is 6.51. The normalized spacial score (nSPS) is 12.8. The zero-order valence-corrected chi connectivity index (χ0v) is 12.7. The van der Waals surface area contributed by atoms with E-state index in [1.165, 1.54) is 6.20 Å². The van der Waals surface area contributed by atoms with E-state index in [1.54, 1.807) is 6.07 Å². The molecule has 4 rings (SSSR count). The molecular formula is C15H8Cl2N4O. The highest BCUT2D eigenvalue weighted by Gasteiger charge is 2.25. The van der Waals surface area contributed by atoms with Gasteiger partial charge in [-0.05, 0) is 18.2 Å². The van der Waals surface area contributed by atoms with Crippen LogP contribution in [0.4, 0.5) is 5.95 Å². The third-order valence-electron chi connectivity index (χ3n) is 3.47. The summed E-state index contributed by atoms with van der Waals surface area (Å²) in [6.45, 7) is 0.550. The SMILES string of the molecule is Nc1nc(-c2c(Cl)cc(Cl)c3c2CCO3)c2ncc#cc2n1. The summed E-state index contributed by atoms with van der Waals surface area (Å²) in [5, 5.41) is 0.962. The average Bonchev–Trinajstić information content (AvgIpc) is 2.96. The molecule has 2 N–H and O–H groups in total. The first kappa shape index (κ1) is 13.4. The van der Waals surface area contributed by atoms with Crippen LogP contribution in [0.1, 0.15) is 5.56 Å². The molecule has 0 spiro atoms. The maximum absolute atomic E-state index is 6.41. The van der Waals surface area contributed by atoms with E-state index in [0.717, 1.165) is 11.1 Å². The molecule has 0 radical (unpaired) electrons. The van der Waals surface area contributed by atoms with Gasteiger partial charge in [0.05, 0.1) is 22.8 Å². The zero-order chi connectivity index (χ0) is 15.3. The van der Waals surface area contributed by atoms with Crippen molar-refractivity contribution < 1.29 is 4.74 Å². The Labute approximate surface area is 136 Å². The Balaban J connectivity index is 2.11. The number of rotatable bonds is 1. The highest BCUT2D eigenvalue weighted by atomic mass is 35.5. The monoisotopic (exact) mass is 330 g/mol. The maximum atomic E-state index is 6.41. The molecule has 0 atom stereocenters. The smallest absolute Gasteiger partial charge is 0.221 e. The molecule has 1 aromatic carbocycles. The molecule has 0 saturated carbocycles. The Bertz CT molecular complexity index is 914. The number of nitrogen functional groups attached to an aromatic ring is 1. The predicted octanol–water partition coefficient (Wildman–Crippen LogP) is 3.12. The quantitative estimate of drug-likeness (QED) is 0.742. The lowest BCUT2D eigenvalue weighted by Crippen LogP contribution is -2.00. The zero-order valence-electron chi connectivity index (χ0n) is 11.2. The molecule has 5 nitrogen and oxygen atoms in total. The van der Waals surface area contributed by atoms with Crippen LogP contribution in [-0.4, -0.2) is 21.6 Å². The van der Waals surface area contributed by atoms with E-state index >= 15 is 0 Å². The number of halogens is 2. The predicted molar refractivity (Wildman–Crippen MR) is 84.1 cm³/mol. The van der Waals surface area contributed by atoms with E-state index in [2.05, 4.69) is 27.1 Å². The molecular weight excluding hydrogens is 323 g/mol. The van der Waals surface area contributed by atoms with Crippen LogP contribution in [0, 0.1) is 12.1 Å². The van der Waals surface area contributed by atoms with Crippen molar-refractivity contribution in [1.29, 1.82) is 0 Å². The molecule has 1 aliphatic rings. The number of aromatic nitrogens is 3. The molecule has 0 saturated heterocycles. The Morgan fingerprint density at radius 2 is 2.09 bits per heavy atom. The number of nitrogens with two attached hydrogens (primary N) is 1. The second-order valence-electron chi connectivity index (χ2n) is 4.78. The van der Waals surface area contributed by atoms with Gasteiger partial charge in [-0.25, -0.2) is 15.0 Å². The van der Waals surface area contributed by atoms with Crippen LogP contribution in [0.2, 0.25) is 10.0 Å². The van der Waals surface area contributed by atoms with Crippen LogP contribution in [0.25, 0.3) is 22.3 Å². The summed E-state index contributed by atoms with van der Waals surface area (Å²) in [6, 6.07) is 7.28. The number of hydrogen-bond acceptors (Lipinski definition) is 5. The van der Waals surface area contributed by atoms with E-state index < -0.39 is 0 Å². The van der Waals surface area contributed by atoms with E-state index in [1.807, 2.05) is 0 Å². The fourth-order valence-corrected chi connectivity index (χ4v) is 3.26. The lowest BCUT2D eigenvalue weighted by Gasteiger charge is -2.12. The summed E-state index contributed by atoms with van der Waals surface area (Å²) in [7, 11) is 0. The number of ether oxygens (including phenoxy) is 1. The summed E-state index contributed by atoms with van der Waals surface area (Å²) >= 11 is 12.6. The topological polar surface area (TPSA) is 73.9 Å². The van der Waals surface area contributed by atoms with Crippen molar-refractivity contribution in [3.63, 3.8) is 0 Å². The van der Waals surface area contributed by atoms with E-state index in [0.29, 0.717) is 45.5 Å². The minimum Gasteiger partial charge on any atom is -0.491 e. The summed E-state index contributed by atoms with van der Waals surface area (Å²) < 4.78 is 5.59. The molecule has 7 heteroatoms. The third kappa shape index (κ3) is 1.92. The largest absolute Gasteiger partial charge is 0.491 e. The van der Waals surface area contributed by atoms with Gasteiger partial charge in [0.1, 0.15) is 22.5 Å². The van der Waals surface area contributed by atoms with Gasteiger partial charge < -0.3 is 10.5 Å². The molecule has 3 heterocycles. The first-order valence-corrected chi connectivity index (χ1v) is 7.26. The standard InChI is InChI=1S/C15H8Cl2N4O/c16-8-6-9(17)14-7(3-5-22-14)11(8)13-12-10(2-1-4-19-12)20-15(18)21-13/h4,6H,3,5H2,(H2,18,20,21). The van der Waals surface area contributed by atoms with Gasteiger partial charge in [0.15, 0.2) is 0 Å². The Hall–Kier alpha value is -2.29. The lowest BCUT2D eigenvalue weighted by molar-refractivity contribution is 0.357. The van der Waals surface area contributed by atoms with Gasteiger partial charge in [-0.15, -0.1) is 0 Å². The molecule has 22 heavy (non-hydrogen) atoms. The third-order valence-corrected chi connectivity index (χ3v) is 4.05. The maximum Gasteiger partial charge on any atom is 0.221 e. The van der Waals surface area contributed by atoms with Crippen LogP contribution in [0.5, 0.6) is 5.75 Å². The van der Waals surface area contributed by atoms with Gasteiger partial charge in [0, 0.05) is 17.5 Å². The van der Waals surface area contributed by atoms with Gasteiger partial charge in [0.2, 0.25) is 5.95 Å². The van der Waals surface area contributed by atoms with Crippen molar-refractivity contribution in [2.45, 2.75) is 6.42 Å². The van der Waals surface area contributed by atoms with Crippen LogP contribution < -0.4 is 10.5 Å². The number of benzene rings is 1. The van der Waals surface area contributed by atoms with Crippen molar-refractivity contribution in [3.05, 3.63) is 40.0 Å². The minimum atomic E-state index is 0.124. The van der Waals surface area contributed by atoms with Gasteiger partial charge in [-0.2, -0.15) is 0 Å². The summed E-state index contributed by atoms with van der Waals surface area (Å²) in [5.74, 6) is 0.761. The van der Waals surface area contributed by atoms with E-state index in [9.17, 15) is 0 Å². The van der Waals surface area contributed by atoms with Crippen LogP contribution >= 0.6 is 23.2 Å². The molecule has 0 bridgehead atoms. The van der Waals surface area contributed by atoms with Crippen LogP contribution in [0.3, 0.4) is 0 Å². The van der Waals surface area contributed by atoms with Crippen LogP contribution in [0.15, 0.2) is 12.3 Å². The molecule has 0 amide bonds. The number of nitrogens with zero attached hydrogens (tertiary/aromatic N) is 3. The fourth-order valence-electron chi connectivity index (χ4n) is 2.61. The van der Waals surface area contributed by atoms with Crippen molar-refractivity contribution >= 4 is 40.2 Å². The number of anilines is 1. The van der Waals surface area contributed by atoms with Gasteiger partial charge in [0.25, 0.3) is 0 Å². The Morgan fingerprint density at radius 1 is 1.23 bits per heavy atom. The minimum absolute atomic E-state index is 0.124. The summed E-state index contributed by atoms with van der Waals surface area (Å²) in [4.78, 5) is 12.7. The molecule has 0 aliphatic carbocycles. The van der Waals surface area contributed by atoms with Crippen molar-refractivity contribution in [2.24, 2.45) is 0 Å². The lowest BCUT2D eigenvalue weighted by atomic mass is 10.0. The van der Waals surface area contributed by atoms with Crippen molar-refractivity contribution in [1.82, 2.24) is 15.0 Å². The summed E-state index contributed by atoms with van der Waals surface area (Å²) in [6.07, 6.45) is 2.20. The summed E-state index contributed by atoms with van der Waals surface area (Å²) in [5.41, 5.74) is 9.04. The Kier molecular flexibility index (Phi) is 2.96. The van der Waals surface area contributed by atoms with E-state index in [4.69, 9.17) is 33.7 Å². The first-order chi connectivity index (χ1) is 10.6. The second-order valence-corrected chi connectivity index (χ2v) is 5.59. The van der Waals surface area contributed by atoms with Gasteiger partial charge in [-0.3, -0.25) is 0 Å². The Morgan fingerprint density at radius 3 is 2.95 bits per heavy atom. The number of hydrogen-bond donors (Lipinski definition) is 1. The van der Waals surface area contributed by atoms with Crippen molar-refractivity contribution in [3.8, 4) is 17.0 Å². The average molecular weight is 331 g/mol. The van der Waals surface area contributed by atoms with Gasteiger partial charge >= 0.3 is 0 Å². The van der Waals surface area contributed by atoms with E-state index in [-0.39, 0.29) is 5.95 Å². The number of fused-ring (bicyclic) bond motifs is 2. The molecule has 3 aromatic rings. The molecule has 0 unspecified atom stereocenters. The fraction of sp³-hybridized carbons (Fsp3) is 0.133. The highest BCUT2D eigenvalue weighted by molar-refractivity contribution is 6.37. The second kappa shape index (κ2) is 4.87. The highest BCUT2D eigenvalue weighted by Crippen LogP contribution is 2.45. The molecule has 108 valence electrons. The van der Waals surface area contributed by atoms with Gasteiger partial charge in [-0.1, -0.05) is 23.2 Å². The van der Waals surface area contributed by atoms with Crippen LogP contribution in [-0.2, 0) is 6.42 Å². The molecule has 2 aromatic heterocycles. The van der Waals surface area contributed by atoms with Crippen molar-refractivity contribution in [2.75, 3.05) is 12.3 Å².